The maximum absolute atomic E-state index is 10.0. The first-order chi connectivity index (χ1) is 9.91. The Hall–Kier alpha value is -1.17. The van der Waals surface area contributed by atoms with E-state index in [1.807, 2.05) is 31.4 Å². The minimum atomic E-state index is -0.535. The number of benzene rings is 1. The molecule has 0 aliphatic heterocycles. The molecule has 0 bridgehead atoms. The van der Waals surface area contributed by atoms with Crippen LogP contribution in [0.3, 0.4) is 0 Å². The van der Waals surface area contributed by atoms with Crippen LogP contribution < -0.4 is 10.1 Å². The highest BCUT2D eigenvalue weighted by Crippen LogP contribution is 2.26. The molecule has 116 valence electrons. The molecule has 1 heterocycles. The van der Waals surface area contributed by atoms with Gasteiger partial charge in [0.25, 0.3) is 0 Å². The van der Waals surface area contributed by atoms with Crippen LogP contribution in [0.2, 0.25) is 0 Å². The number of hydrogen-bond acceptors (Lipinski definition) is 4. The van der Waals surface area contributed by atoms with Crippen LogP contribution in [0.1, 0.15) is 19.5 Å². The first kappa shape index (κ1) is 16.2. The van der Waals surface area contributed by atoms with E-state index in [1.54, 1.807) is 11.8 Å². The van der Waals surface area contributed by atoms with Crippen molar-refractivity contribution < 1.29 is 9.84 Å². The van der Waals surface area contributed by atoms with E-state index in [0.29, 0.717) is 6.54 Å². The molecule has 0 radical (unpaired) electrons. The van der Waals surface area contributed by atoms with Crippen molar-refractivity contribution in [2.24, 2.45) is 0 Å². The summed E-state index contributed by atoms with van der Waals surface area (Å²) in [6, 6.07) is 7.97. The Morgan fingerprint density at radius 3 is 2.90 bits per heavy atom. The molecular weight excluding hydrogens is 284 g/mol. The SMILES string of the molecule is CSC(C)(C)NCC(O)COc1cccc2[nH]c(C)cc12. The summed E-state index contributed by atoms with van der Waals surface area (Å²) in [5, 5.41) is 14.4. The lowest BCUT2D eigenvalue weighted by Gasteiger charge is -2.25. The third kappa shape index (κ3) is 4.40. The Bertz CT molecular complexity index is 595. The summed E-state index contributed by atoms with van der Waals surface area (Å²) in [6.07, 6.45) is 1.51. The summed E-state index contributed by atoms with van der Waals surface area (Å²) < 4.78 is 5.78. The molecule has 0 aliphatic carbocycles. The molecule has 0 aliphatic rings. The number of H-pyrrole nitrogens is 1. The summed E-state index contributed by atoms with van der Waals surface area (Å²) >= 11 is 1.72. The Morgan fingerprint density at radius 1 is 1.43 bits per heavy atom. The van der Waals surface area contributed by atoms with E-state index in [9.17, 15) is 5.11 Å². The normalized spacial score (nSPS) is 13.6. The molecular formula is C16H24N2O2S. The van der Waals surface area contributed by atoms with Gasteiger partial charge < -0.3 is 20.1 Å². The summed E-state index contributed by atoms with van der Waals surface area (Å²) in [5.41, 5.74) is 2.16. The van der Waals surface area contributed by atoms with Gasteiger partial charge in [0.1, 0.15) is 18.5 Å². The summed E-state index contributed by atoms with van der Waals surface area (Å²) in [6.45, 7) is 6.99. The van der Waals surface area contributed by atoms with Crippen LogP contribution in [0.5, 0.6) is 5.75 Å². The van der Waals surface area contributed by atoms with Crippen LogP contribution in [-0.2, 0) is 0 Å². The Kier molecular flexibility index (Phi) is 5.19. The van der Waals surface area contributed by atoms with Gasteiger partial charge in [-0.3, -0.25) is 0 Å². The van der Waals surface area contributed by atoms with Crippen molar-refractivity contribution in [1.82, 2.24) is 10.3 Å². The molecule has 1 unspecified atom stereocenters. The molecule has 2 rings (SSSR count). The maximum Gasteiger partial charge on any atom is 0.128 e. The first-order valence-electron chi connectivity index (χ1n) is 7.10. The Morgan fingerprint density at radius 2 is 2.19 bits per heavy atom. The number of aliphatic hydroxyl groups is 1. The predicted molar refractivity (Wildman–Crippen MR) is 90.1 cm³/mol. The first-order valence-corrected chi connectivity index (χ1v) is 8.33. The lowest BCUT2D eigenvalue weighted by molar-refractivity contribution is 0.104. The zero-order chi connectivity index (χ0) is 15.5. The molecule has 0 spiro atoms. The third-order valence-electron chi connectivity index (χ3n) is 3.46. The van der Waals surface area contributed by atoms with Gasteiger partial charge in [-0.15, -0.1) is 11.8 Å². The van der Waals surface area contributed by atoms with Gasteiger partial charge in [0.2, 0.25) is 0 Å². The van der Waals surface area contributed by atoms with Crippen molar-refractivity contribution in [2.75, 3.05) is 19.4 Å². The van der Waals surface area contributed by atoms with E-state index in [1.165, 1.54) is 0 Å². The fourth-order valence-electron chi connectivity index (χ4n) is 2.07. The van der Waals surface area contributed by atoms with Crippen LogP contribution in [0.4, 0.5) is 0 Å². The minimum Gasteiger partial charge on any atom is -0.490 e. The number of fused-ring (bicyclic) bond motifs is 1. The fraction of sp³-hybridized carbons (Fsp3) is 0.500. The van der Waals surface area contributed by atoms with E-state index in [0.717, 1.165) is 22.3 Å². The van der Waals surface area contributed by atoms with Crippen LogP contribution in [0.15, 0.2) is 24.3 Å². The van der Waals surface area contributed by atoms with Crippen molar-refractivity contribution in [3.8, 4) is 5.75 Å². The fourth-order valence-corrected chi connectivity index (χ4v) is 2.30. The van der Waals surface area contributed by atoms with Gasteiger partial charge in [-0.05, 0) is 45.2 Å². The molecule has 0 saturated heterocycles. The second-order valence-corrected chi connectivity index (χ2v) is 7.16. The largest absolute Gasteiger partial charge is 0.490 e. The number of thioether (sulfide) groups is 1. The number of aromatic nitrogens is 1. The lowest BCUT2D eigenvalue weighted by atomic mass is 10.2. The van der Waals surface area contributed by atoms with Crippen molar-refractivity contribution in [3.05, 3.63) is 30.0 Å². The molecule has 1 aromatic carbocycles. The van der Waals surface area contributed by atoms with E-state index in [2.05, 4.69) is 30.2 Å². The smallest absolute Gasteiger partial charge is 0.128 e. The predicted octanol–water partition coefficient (Wildman–Crippen LogP) is 2.90. The molecule has 4 nitrogen and oxygen atoms in total. The number of aromatic amines is 1. The second kappa shape index (κ2) is 6.73. The molecule has 0 amide bonds. The van der Waals surface area contributed by atoms with Crippen molar-refractivity contribution in [2.45, 2.75) is 31.7 Å². The molecule has 0 fully saturated rings. The van der Waals surface area contributed by atoms with Crippen LogP contribution >= 0.6 is 11.8 Å². The molecule has 21 heavy (non-hydrogen) atoms. The summed E-state index contributed by atoms with van der Waals surface area (Å²) in [7, 11) is 0. The average molecular weight is 308 g/mol. The van der Waals surface area contributed by atoms with Crippen LogP contribution in [0.25, 0.3) is 10.9 Å². The number of hydrogen-bond donors (Lipinski definition) is 3. The standard InChI is InChI=1S/C16H24N2O2S/c1-11-8-13-14(18-11)6-5-7-15(13)20-10-12(19)9-17-16(2,3)21-4/h5-8,12,17-19H,9-10H2,1-4H3. The minimum absolute atomic E-state index is 0.0429. The van der Waals surface area contributed by atoms with Gasteiger partial charge in [0.05, 0.1) is 4.87 Å². The number of rotatable bonds is 7. The lowest BCUT2D eigenvalue weighted by Crippen LogP contribution is -2.42. The van der Waals surface area contributed by atoms with Crippen molar-refractivity contribution in [1.29, 1.82) is 0 Å². The van der Waals surface area contributed by atoms with Gasteiger partial charge in [0.15, 0.2) is 0 Å². The Balaban J connectivity index is 1.92. The second-order valence-electron chi connectivity index (χ2n) is 5.73. The number of aliphatic hydroxyl groups excluding tert-OH is 1. The topological polar surface area (TPSA) is 57.3 Å². The zero-order valence-electron chi connectivity index (χ0n) is 13.1. The van der Waals surface area contributed by atoms with Gasteiger partial charge in [-0.1, -0.05) is 6.07 Å². The highest BCUT2D eigenvalue weighted by molar-refractivity contribution is 7.99. The molecule has 1 aromatic heterocycles. The number of ether oxygens (including phenoxy) is 1. The molecule has 5 heteroatoms. The highest BCUT2D eigenvalue weighted by atomic mass is 32.2. The van der Waals surface area contributed by atoms with E-state index < -0.39 is 6.10 Å². The summed E-state index contributed by atoms with van der Waals surface area (Å²) in [4.78, 5) is 3.24. The highest BCUT2D eigenvalue weighted by Gasteiger charge is 2.17. The van der Waals surface area contributed by atoms with Gasteiger partial charge in [0, 0.05) is 23.1 Å². The molecule has 0 saturated carbocycles. The average Bonchev–Trinajstić information content (AvgIpc) is 2.83. The van der Waals surface area contributed by atoms with Crippen molar-refractivity contribution >= 4 is 22.7 Å². The van der Waals surface area contributed by atoms with Crippen molar-refractivity contribution in [3.63, 3.8) is 0 Å². The summed E-state index contributed by atoms with van der Waals surface area (Å²) in [5.74, 6) is 0.806. The number of nitrogens with one attached hydrogen (secondary N) is 2. The quantitative estimate of drug-likeness (QED) is 0.688. The molecule has 2 aromatic rings. The Labute approximate surface area is 130 Å². The van der Waals surface area contributed by atoms with Gasteiger partial charge >= 0.3 is 0 Å². The monoisotopic (exact) mass is 308 g/mol. The van der Waals surface area contributed by atoms with Gasteiger partial charge in [-0.25, -0.2) is 0 Å². The van der Waals surface area contributed by atoms with Crippen LogP contribution in [0, 0.1) is 6.92 Å². The van der Waals surface area contributed by atoms with E-state index in [-0.39, 0.29) is 11.5 Å². The van der Waals surface area contributed by atoms with Crippen LogP contribution in [-0.4, -0.2) is 40.5 Å². The maximum atomic E-state index is 10.0. The number of aryl methyl sites for hydroxylation is 1. The third-order valence-corrected chi connectivity index (χ3v) is 4.63. The molecule has 3 N–H and O–H groups in total. The van der Waals surface area contributed by atoms with Gasteiger partial charge in [-0.2, -0.15) is 0 Å². The molecule has 1 atom stereocenters. The zero-order valence-corrected chi connectivity index (χ0v) is 13.9. The van der Waals surface area contributed by atoms with E-state index >= 15 is 0 Å². The van der Waals surface area contributed by atoms with E-state index in [4.69, 9.17) is 4.74 Å².